The van der Waals surface area contributed by atoms with Crippen LogP contribution in [0.2, 0.25) is 0 Å². The minimum Gasteiger partial charge on any atom is -0.390 e. The Bertz CT molecular complexity index is 685. The third kappa shape index (κ3) is 4.85. The van der Waals surface area contributed by atoms with Crippen molar-refractivity contribution in [1.82, 2.24) is 20.6 Å². The molecule has 1 N–H and O–H groups in total. The van der Waals surface area contributed by atoms with Crippen molar-refractivity contribution >= 4 is 0 Å². The van der Waals surface area contributed by atoms with Gasteiger partial charge in [0.2, 0.25) is 0 Å². The van der Waals surface area contributed by atoms with Gasteiger partial charge in [-0.3, -0.25) is 0 Å². The monoisotopic (exact) mass is 352 g/mol. The van der Waals surface area contributed by atoms with E-state index < -0.39 is 11.2 Å². The lowest BCUT2D eigenvalue weighted by Crippen LogP contribution is -2.27. The summed E-state index contributed by atoms with van der Waals surface area (Å²) in [6.07, 6.45) is 0.365. The van der Waals surface area contributed by atoms with E-state index in [1.807, 2.05) is 34.6 Å². The van der Waals surface area contributed by atoms with Crippen molar-refractivity contribution in [3.8, 4) is 0 Å². The van der Waals surface area contributed by atoms with Gasteiger partial charge in [-0.2, -0.15) is 0 Å². The van der Waals surface area contributed by atoms with Gasteiger partial charge in [0.25, 0.3) is 0 Å². The van der Waals surface area contributed by atoms with E-state index in [-0.39, 0.29) is 11.8 Å². The zero-order valence-electron chi connectivity index (χ0n) is 16.0. The molecule has 0 aliphatic carbocycles. The van der Waals surface area contributed by atoms with Gasteiger partial charge in [-0.05, 0) is 27.7 Å². The second-order valence-corrected chi connectivity index (χ2v) is 7.96. The minimum absolute atomic E-state index is 0.0507. The summed E-state index contributed by atoms with van der Waals surface area (Å²) in [6.45, 7) is 13.8. The maximum absolute atomic E-state index is 10.00. The molecule has 0 aliphatic heterocycles. The summed E-state index contributed by atoms with van der Waals surface area (Å²) in [5, 5.41) is 25.9. The van der Waals surface area contributed by atoms with Gasteiger partial charge in [-0.25, -0.2) is 9.26 Å². The topological polar surface area (TPSA) is 107 Å². The van der Waals surface area contributed by atoms with Crippen LogP contribution in [0.5, 0.6) is 0 Å². The van der Waals surface area contributed by atoms with Gasteiger partial charge in [-0.1, -0.05) is 41.4 Å². The molecule has 2 aromatic heterocycles. The fourth-order valence-electron chi connectivity index (χ4n) is 2.59. The first kappa shape index (κ1) is 19.5. The predicted molar refractivity (Wildman–Crippen MR) is 90.1 cm³/mol. The number of nitrogens with zero attached hydrogens (tertiary/aromatic N) is 4. The summed E-state index contributed by atoms with van der Waals surface area (Å²) in [5.41, 5.74) is 1.30. The van der Waals surface area contributed by atoms with Gasteiger partial charge >= 0.3 is 0 Å². The number of ether oxygens (including phenoxy) is 1. The first-order valence-corrected chi connectivity index (χ1v) is 8.52. The predicted octanol–water partition coefficient (Wildman–Crippen LogP) is 2.94. The van der Waals surface area contributed by atoms with E-state index in [2.05, 4.69) is 20.6 Å². The molecule has 2 heterocycles. The van der Waals surface area contributed by atoms with Crippen LogP contribution in [-0.4, -0.2) is 37.9 Å². The maximum Gasteiger partial charge on any atom is 0.139 e. The van der Waals surface area contributed by atoms with Crippen molar-refractivity contribution < 1.29 is 19.1 Å². The van der Waals surface area contributed by atoms with Gasteiger partial charge in [0, 0.05) is 18.3 Å². The Balaban J connectivity index is 2.08. The van der Waals surface area contributed by atoms with E-state index in [4.69, 9.17) is 14.0 Å². The summed E-state index contributed by atoms with van der Waals surface area (Å²) < 4.78 is 15.9. The van der Waals surface area contributed by atoms with Crippen molar-refractivity contribution in [2.45, 2.75) is 77.9 Å². The third-order valence-corrected chi connectivity index (χ3v) is 3.98. The molecule has 0 saturated heterocycles. The Morgan fingerprint density at radius 1 is 0.960 bits per heavy atom. The summed E-state index contributed by atoms with van der Waals surface area (Å²) in [4.78, 5) is 0. The highest BCUT2D eigenvalue weighted by molar-refractivity contribution is 5.19. The molecule has 0 fully saturated rings. The minimum atomic E-state index is -0.883. The summed E-state index contributed by atoms with van der Waals surface area (Å²) >= 11 is 0. The van der Waals surface area contributed by atoms with E-state index in [9.17, 15) is 5.11 Å². The Hall–Kier alpha value is -1.80. The highest BCUT2D eigenvalue weighted by atomic mass is 16.6. The average Bonchev–Trinajstić information content (AvgIpc) is 3.12. The van der Waals surface area contributed by atoms with Crippen LogP contribution < -0.4 is 0 Å². The van der Waals surface area contributed by atoms with Crippen molar-refractivity contribution in [2.24, 2.45) is 0 Å². The van der Waals surface area contributed by atoms with Gasteiger partial charge in [0.15, 0.2) is 0 Å². The van der Waals surface area contributed by atoms with Crippen LogP contribution >= 0.6 is 0 Å². The molecule has 0 aliphatic rings. The van der Waals surface area contributed by atoms with Crippen LogP contribution in [0.15, 0.2) is 9.26 Å². The number of hydrogen-bond donors (Lipinski definition) is 1. The van der Waals surface area contributed by atoms with Crippen LogP contribution in [0.3, 0.4) is 0 Å². The highest BCUT2D eigenvalue weighted by Gasteiger charge is 2.32. The Labute approximate surface area is 147 Å². The fraction of sp³-hybridized carbons (Fsp3) is 0.765. The fourth-order valence-corrected chi connectivity index (χ4v) is 2.59. The van der Waals surface area contributed by atoms with E-state index in [0.717, 1.165) is 5.69 Å². The standard InChI is InChI=1S/C17H28N4O4/c1-10(2)13-15(21-25-19-13)17(6,7)23-9-11(3)14-12(18-24-20-14)8-16(4,5)22/h10-11,22H,8-9H2,1-7H3. The quantitative estimate of drug-likeness (QED) is 0.772. The molecule has 140 valence electrons. The number of aliphatic hydroxyl groups is 1. The number of rotatable bonds is 8. The molecule has 25 heavy (non-hydrogen) atoms. The van der Waals surface area contributed by atoms with Crippen LogP contribution in [0.1, 0.15) is 83.1 Å². The first-order valence-electron chi connectivity index (χ1n) is 8.52. The summed E-state index contributed by atoms with van der Waals surface area (Å²) in [5.74, 6) is 0.143. The molecule has 0 bridgehead atoms. The first-order chi connectivity index (χ1) is 11.5. The van der Waals surface area contributed by atoms with E-state index in [0.29, 0.717) is 30.1 Å². The number of hydrogen-bond acceptors (Lipinski definition) is 8. The molecule has 8 nitrogen and oxygen atoms in total. The lowest BCUT2D eigenvalue weighted by molar-refractivity contribution is -0.0336. The Morgan fingerprint density at radius 2 is 1.56 bits per heavy atom. The number of aromatic nitrogens is 4. The largest absolute Gasteiger partial charge is 0.390 e. The molecular weight excluding hydrogens is 324 g/mol. The molecule has 0 amide bonds. The van der Waals surface area contributed by atoms with E-state index >= 15 is 0 Å². The Kier molecular flexibility index (Phi) is 5.63. The van der Waals surface area contributed by atoms with Gasteiger partial charge in [0.05, 0.1) is 12.2 Å². The molecule has 1 unspecified atom stereocenters. The highest BCUT2D eigenvalue weighted by Crippen LogP contribution is 2.31. The van der Waals surface area contributed by atoms with Crippen molar-refractivity contribution in [3.05, 3.63) is 22.8 Å². The van der Waals surface area contributed by atoms with Crippen LogP contribution in [0.25, 0.3) is 0 Å². The normalized spacial score (nSPS) is 14.3. The van der Waals surface area contributed by atoms with E-state index in [1.54, 1.807) is 13.8 Å². The molecule has 1 atom stereocenters. The van der Waals surface area contributed by atoms with Crippen molar-refractivity contribution in [3.63, 3.8) is 0 Å². The molecule has 0 radical (unpaired) electrons. The molecule has 2 rings (SSSR count). The van der Waals surface area contributed by atoms with E-state index in [1.165, 1.54) is 0 Å². The lowest BCUT2D eigenvalue weighted by Gasteiger charge is -2.25. The smallest absolute Gasteiger partial charge is 0.139 e. The SMILES string of the molecule is CC(C)c1nonc1C(C)(C)OCC(C)c1nonc1CC(C)(C)O. The van der Waals surface area contributed by atoms with Crippen LogP contribution in [-0.2, 0) is 16.8 Å². The molecule has 8 heteroatoms. The molecular formula is C17H28N4O4. The molecule has 0 spiro atoms. The second-order valence-electron chi connectivity index (χ2n) is 7.96. The summed E-state index contributed by atoms with van der Waals surface area (Å²) in [6, 6.07) is 0. The molecule has 0 aromatic carbocycles. The third-order valence-electron chi connectivity index (χ3n) is 3.98. The van der Waals surface area contributed by atoms with Gasteiger partial charge in [-0.15, -0.1) is 0 Å². The average molecular weight is 352 g/mol. The van der Waals surface area contributed by atoms with Crippen molar-refractivity contribution in [2.75, 3.05) is 6.61 Å². The molecule has 2 aromatic rings. The molecule has 0 saturated carbocycles. The maximum atomic E-state index is 10.00. The zero-order chi connectivity index (χ0) is 18.8. The Morgan fingerprint density at radius 3 is 2.16 bits per heavy atom. The second kappa shape index (κ2) is 7.21. The van der Waals surface area contributed by atoms with Gasteiger partial charge < -0.3 is 9.84 Å². The van der Waals surface area contributed by atoms with Crippen molar-refractivity contribution in [1.29, 1.82) is 0 Å². The van der Waals surface area contributed by atoms with Gasteiger partial charge in [0.1, 0.15) is 28.4 Å². The van der Waals surface area contributed by atoms with Crippen LogP contribution in [0, 0.1) is 0 Å². The lowest BCUT2D eigenvalue weighted by atomic mass is 9.96. The summed E-state index contributed by atoms with van der Waals surface area (Å²) in [7, 11) is 0. The zero-order valence-corrected chi connectivity index (χ0v) is 16.0. The van der Waals surface area contributed by atoms with Crippen LogP contribution in [0.4, 0.5) is 0 Å².